The summed E-state index contributed by atoms with van der Waals surface area (Å²) in [7, 11) is 0. The first kappa shape index (κ1) is 28.7. The van der Waals surface area contributed by atoms with Gasteiger partial charge >= 0.3 is 5.97 Å². The first-order valence-corrected chi connectivity index (χ1v) is 11.6. The molecular weight excluding hydrogens is 472 g/mol. The molecule has 0 bridgehead atoms. The number of carboxylic acids is 1. The topological polar surface area (TPSA) is 233 Å². The van der Waals surface area contributed by atoms with Gasteiger partial charge in [-0.2, -0.15) is 0 Å². The van der Waals surface area contributed by atoms with Crippen molar-refractivity contribution in [2.24, 2.45) is 11.5 Å². The molecule has 0 aliphatic heterocycles. The number of aliphatic hydroxyl groups is 2. The minimum Gasteiger partial charge on any atom is -0.480 e. The number of unbranched alkanes of at least 4 members (excludes halogenated alkanes) is 1. The maximum atomic E-state index is 13.3. The van der Waals surface area contributed by atoms with Crippen LogP contribution in [0.3, 0.4) is 0 Å². The Balaban J connectivity index is 2.26. The van der Waals surface area contributed by atoms with Gasteiger partial charge in [0.2, 0.25) is 17.7 Å². The number of hydrogen-bond acceptors (Lipinski definition) is 8. The molecule has 1 aromatic carbocycles. The number of carbonyl (C=O) groups is 4. The Bertz CT molecular complexity index is 1040. The van der Waals surface area contributed by atoms with E-state index in [9.17, 15) is 29.4 Å². The number of aliphatic carboxylic acids is 1. The van der Waals surface area contributed by atoms with Crippen LogP contribution in [0.15, 0.2) is 30.5 Å². The maximum absolute atomic E-state index is 13.3. The minimum atomic E-state index is -1.55. The van der Waals surface area contributed by atoms with E-state index in [4.69, 9.17) is 16.6 Å². The smallest absolute Gasteiger partial charge is 0.328 e. The second kappa shape index (κ2) is 14.1. The normalized spacial score (nSPS) is 14.4. The quantitative estimate of drug-likeness (QED) is 0.118. The number of carboxylic acid groups (broad SMARTS) is 1. The molecule has 1 heterocycles. The molecule has 36 heavy (non-hydrogen) atoms. The Labute approximate surface area is 207 Å². The van der Waals surface area contributed by atoms with Gasteiger partial charge in [-0.15, -0.1) is 0 Å². The molecule has 0 fully saturated rings. The lowest BCUT2D eigenvalue weighted by Crippen LogP contribution is -2.58. The zero-order valence-corrected chi connectivity index (χ0v) is 19.8. The third-order valence-corrected chi connectivity index (χ3v) is 5.64. The summed E-state index contributed by atoms with van der Waals surface area (Å²) in [6.45, 7) is -1.10. The fraction of sp³-hybridized carbons (Fsp3) is 0.478. The predicted molar refractivity (Wildman–Crippen MR) is 130 cm³/mol. The highest BCUT2D eigenvalue weighted by atomic mass is 16.4. The van der Waals surface area contributed by atoms with E-state index in [1.54, 1.807) is 6.20 Å². The van der Waals surface area contributed by atoms with Crippen LogP contribution in [0.2, 0.25) is 0 Å². The van der Waals surface area contributed by atoms with Crippen LogP contribution in [0, 0.1) is 0 Å². The van der Waals surface area contributed by atoms with E-state index in [-0.39, 0.29) is 12.8 Å². The summed E-state index contributed by atoms with van der Waals surface area (Å²) < 4.78 is 0. The van der Waals surface area contributed by atoms with Crippen molar-refractivity contribution < 1.29 is 34.5 Å². The van der Waals surface area contributed by atoms with Gasteiger partial charge in [0.05, 0.1) is 13.2 Å². The molecule has 3 amide bonds. The molecule has 4 atom stereocenters. The largest absolute Gasteiger partial charge is 0.480 e. The summed E-state index contributed by atoms with van der Waals surface area (Å²) in [6.07, 6.45) is 2.92. The number of aromatic nitrogens is 1. The van der Waals surface area contributed by atoms with Gasteiger partial charge < -0.3 is 47.7 Å². The van der Waals surface area contributed by atoms with Crippen molar-refractivity contribution in [3.05, 3.63) is 36.0 Å². The van der Waals surface area contributed by atoms with Crippen LogP contribution in [0.5, 0.6) is 0 Å². The van der Waals surface area contributed by atoms with E-state index < -0.39 is 61.1 Å². The average Bonchev–Trinajstić information content (AvgIpc) is 3.28. The van der Waals surface area contributed by atoms with Gasteiger partial charge in [0.15, 0.2) is 0 Å². The molecule has 2 rings (SSSR count). The van der Waals surface area contributed by atoms with Gasteiger partial charge in [-0.25, -0.2) is 4.79 Å². The molecule has 2 aromatic rings. The number of aliphatic hydroxyl groups excluding tert-OH is 2. The summed E-state index contributed by atoms with van der Waals surface area (Å²) in [5.41, 5.74) is 12.7. The van der Waals surface area contributed by atoms with E-state index in [0.717, 1.165) is 16.5 Å². The zero-order valence-electron chi connectivity index (χ0n) is 19.8. The number of H-pyrrole nitrogens is 1. The van der Waals surface area contributed by atoms with Crippen molar-refractivity contribution in [3.63, 3.8) is 0 Å². The van der Waals surface area contributed by atoms with E-state index in [0.29, 0.717) is 19.4 Å². The maximum Gasteiger partial charge on any atom is 0.328 e. The van der Waals surface area contributed by atoms with Gasteiger partial charge in [0, 0.05) is 23.5 Å². The lowest BCUT2D eigenvalue weighted by Gasteiger charge is -2.25. The Kier molecular flexibility index (Phi) is 11.3. The van der Waals surface area contributed by atoms with Crippen molar-refractivity contribution in [2.75, 3.05) is 19.8 Å². The molecule has 4 unspecified atom stereocenters. The van der Waals surface area contributed by atoms with Crippen LogP contribution in [0.1, 0.15) is 24.8 Å². The van der Waals surface area contributed by atoms with E-state index in [1.165, 1.54) is 0 Å². The van der Waals surface area contributed by atoms with Crippen molar-refractivity contribution >= 4 is 34.6 Å². The molecule has 198 valence electrons. The van der Waals surface area contributed by atoms with Gasteiger partial charge in [0.25, 0.3) is 0 Å². The average molecular weight is 507 g/mol. The summed E-state index contributed by atoms with van der Waals surface area (Å²) in [6, 6.07) is 2.26. The molecule has 13 heteroatoms. The molecule has 0 aliphatic carbocycles. The van der Waals surface area contributed by atoms with Gasteiger partial charge in [-0.1, -0.05) is 18.2 Å². The van der Waals surface area contributed by atoms with Crippen LogP contribution < -0.4 is 27.4 Å². The number of nitrogens with two attached hydrogens (primary N) is 2. The number of fused-ring (bicyclic) bond motifs is 1. The molecule has 11 N–H and O–H groups in total. The first-order valence-electron chi connectivity index (χ1n) is 11.6. The second-order valence-electron chi connectivity index (χ2n) is 8.34. The Hall–Kier alpha value is -3.52. The number of para-hydroxylation sites is 1. The van der Waals surface area contributed by atoms with Crippen molar-refractivity contribution in [2.45, 2.75) is 49.9 Å². The van der Waals surface area contributed by atoms with Crippen LogP contribution >= 0.6 is 0 Å². The number of aromatic amines is 1. The summed E-state index contributed by atoms with van der Waals surface area (Å²) in [5, 5.41) is 35.7. The molecule has 0 saturated heterocycles. The summed E-state index contributed by atoms with van der Waals surface area (Å²) >= 11 is 0. The zero-order chi connectivity index (χ0) is 26.7. The second-order valence-corrected chi connectivity index (χ2v) is 8.34. The number of rotatable bonds is 15. The molecule has 13 nitrogen and oxygen atoms in total. The number of amides is 3. The van der Waals surface area contributed by atoms with Crippen LogP contribution in [-0.4, -0.2) is 87.9 Å². The van der Waals surface area contributed by atoms with Crippen molar-refractivity contribution in [1.82, 2.24) is 20.9 Å². The number of carbonyl (C=O) groups excluding carboxylic acids is 3. The molecular formula is C23H34N6O7. The van der Waals surface area contributed by atoms with E-state index >= 15 is 0 Å². The first-order chi connectivity index (χ1) is 17.2. The summed E-state index contributed by atoms with van der Waals surface area (Å²) in [4.78, 5) is 52.7. The molecule has 0 spiro atoms. The highest BCUT2D eigenvalue weighted by molar-refractivity contribution is 5.94. The number of nitrogens with one attached hydrogen (secondary N) is 4. The van der Waals surface area contributed by atoms with Crippen molar-refractivity contribution in [3.8, 4) is 0 Å². The Morgan fingerprint density at radius 3 is 2.17 bits per heavy atom. The molecule has 1 aromatic heterocycles. The molecule has 0 saturated carbocycles. The Morgan fingerprint density at radius 2 is 1.53 bits per heavy atom. The molecule has 0 aliphatic rings. The number of hydrogen-bond donors (Lipinski definition) is 9. The monoisotopic (exact) mass is 506 g/mol. The lowest BCUT2D eigenvalue weighted by molar-refractivity contribution is -0.143. The standard InChI is InChI=1S/C23H34N6O7/c24-8-4-3-7-17(21(33)29-19(12-31)23(35)36)27-22(34)18(28-20(32)15(25)11-30)9-13-10-26-16-6-2-1-5-14(13)16/h1-2,5-6,10,15,17-19,26,30-31H,3-4,7-9,11-12,24-25H2,(H,27,34)(H,28,32)(H,29,33)(H,35,36). The SMILES string of the molecule is NCCCCC(NC(=O)C(Cc1c[nH]c2ccccc12)NC(=O)C(N)CO)C(=O)NC(CO)C(=O)O. The predicted octanol–water partition coefficient (Wildman–Crippen LogP) is -2.31. The fourth-order valence-corrected chi connectivity index (χ4v) is 3.58. The third kappa shape index (κ3) is 8.02. The number of benzene rings is 1. The third-order valence-electron chi connectivity index (χ3n) is 5.64. The van der Waals surface area contributed by atoms with Gasteiger partial charge in [0.1, 0.15) is 24.2 Å². The highest BCUT2D eigenvalue weighted by Crippen LogP contribution is 2.19. The Morgan fingerprint density at radius 1 is 0.889 bits per heavy atom. The fourth-order valence-electron chi connectivity index (χ4n) is 3.58. The summed E-state index contributed by atoms with van der Waals surface area (Å²) in [5.74, 6) is -3.69. The van der Waals surface area contributed by atoms with Crippen LogP contribution in [-0.2, 0) is 25.6 Å². The lowest BCUT2D eigenvalue weighted by atomic mass is 10.0. The molecule has 0 radical (unpaired) electrons. The minimum absolute atomic E-state index is 0.0469. The van der Waals surface area contributed by atoms with Gasteiger partial charge in [-0.3, -0.25) is 14.4 Å². The van der Waals surface area contributed by atoms with Crippen LogP contribution in [0.4, 0.5) is 0 Å². The van der Waals surface area contributed by atoms with E-state index in [2.05, 4.69) is 20.9 Å². The van der Waals surface area contributed by atoms with E-state index in [1.807, 2.05) is 24.3 Å². The highest BCUT2D eigenvalue weighted by Gasteiger charge is 2.30. The van der Waals surface area contributed by atoms with Gasteiger partial charge in [-0.05, 0) is 37.4 Å². The van der Waals surface area contributed by atoms with Crippen molar-refractivity contribution in [1.29, 1.82) is 0 Å². The van der Waals surface area contributed by atoms with Crippen LogP contribution in [0.25, 0.3) is 10.9 Å².